The van der Waals surface area contributed by atoms with E-state index < -0.39 is 0 Å². The van der Waals surface area contributed by atoms with E-state index in [1.807, 2.05) is 27.7 Å². The van der Waals surface area contributed by atoms with Crippen LogP contribution in [0.3, 0.4) is 0 Å². The van der Waals surface area contributed by atoms with Crippen LogP contribution in [-0.2, 0) is 0 Å². The van der Waals surface area contributed by atoms with Gasteiger partial charge in [-0.3, -0.25) is 0 Å². The van der Waals surface area contributed by atoms with Crippen molar-refractivity contribution in [3.05, 3.63) is 22.9 Å². The first-order valence-corrected chi connectivity index (χ1v) is 4.27. The second kappa shape index (κ2) is 2.52. The van der Waals surface area contributed by atoms with Gasteiger partial charge in [-0.15, -0.1) is 0 Å². The van der Waals surface area contributed by atoms with Crippen LogP contribution in [0.5, 0.6) is 0 Å². The zero-order chi connectivity index (χ0) is 9.59. The molecule has 0 bridgehead atoms. The Kier molecular flexibility index (Phi) is 1.58. The maximum Gasteiger partial charge on any atom is 0.162 e. The van der Waals surface area contributed by atoms with Crippen molar-refractivity contribution < 1.29 is 0 Å². The Labute approximate surface area is 76.6 Å². The standard InChI is InChI=1S/C9H12N4/c1-5-6(2)12-13-8(4)10-7(3)11-9(5)13/h1-4H3. The lowest BCUT2D eigenvalue weighted by Crippen LogP contribution is -2.01. The molecule has 0 amide bonds. The van der Waals surface area contributed by atoms with Gasteiger partial charge >= 0.3 is 0 Å². The highest BCUT2D eigenvalue weighted by Gasteiger charge is 2.08. The monoisotopic (exact) mass is 176 g/mol. The molecule has 0 unspecified atom stereocenters. The smallest absolute Gasteiger partial charge is 0.162 e. The lowest BCUT2D eigenvalue weighted by Gasteiger charge is -1.98. The lowest BCUT2D eigenvalue weighted by molar-refractivity contribution is 0.808. The van der Waals surface area contributed by atoms with Gasteiger partial charge in [-0.05, 0) is 27.7 Å². The third kappa shape index (κ3) is 1.09. The molecule has 0 fully saturated rings. The van der Waals surface area contributed by atoms with Crippen molar-refractivity contribution in [1.82, 2.24) is 19.6 Å². The number of fused-ring (bicyclic) bond motifs is 1. The molecule has 0 aliphatic carbocycles. The second-order valence-electron chi connectivity index (χ2n) is 3.26. The Morgan fingerprint density at radius 1 is 1.00 bits per heavy atom. The fraction of sp³-hybridized carbons (Fsp3) is 0.444. The van der Waals surface area contributed by atoms with Crippen molar-refractivity contribution in [2.45, 2.75) is 27.7 Å². The van der Waals surface area contributed by atoms with Crippen LogP contribution in [-0.4, -0.2) is 19.6 Å². The number of rotatable bonds is 0. The molecule has 0 spiro atoms. The number of hydrogen-bond donors (Lipinski definition) is 0. The highest BCUT2D eigenvalue weighted by Crippen LogP contribution is 2.12. The Morgan fingerprint density at radius 3 is 2.38 bits per heavy atom. The predicted octanol–water partition coefficient (Wildman–Crippen LogP) is 1.36. The van der Waals surface area contributed by atoms with Crippen LogP contribution in [0, 0.1) is 27.7 Å². The number of aromatic nitrogens is 4. The summed E-state index contributed by atoms with van der Waals surface area (Å²) in [6.07, 6.45) is 0. The minimum absolute atomic E-state index is 0.799. The molecule has 2 aromatic rings. The van der Waals surface area contributed by atoms with Gasteiger partial charge in [0.1, 0.15) is 11.6 Å². The van der Waals surface area contributed by atoms with Gasteiger partial charge in [0.15, 0.2) is 5.65 Å². The summed E-state index contributed by atoms with van der Waals surface area (Å²) >= 11 is 0. The Bertz CT molecular complexity index is 470. The van der Waals surface area contributed by atoms with E-state index in [0.717, 1.165) is 28.6 Å². The van der Waals surface area contributed by atoms with Crippen molar-refractivity contribution in [1.29, 1.82) is 0 Å². The van der Waals surface area contributed by atoms with Gasteiger partial charge in [-0.1, -0.05) is 0 Å². The van der Waals surface area contributed by atoms with E-state index in [1.165, 1.54) is 0 Å². The summed E-state index contributed by atoms with van der Waals surface area (Å²) < 4.78 is 1.79. The first-order chi connectivity index (χ1) is 6.09. The number of aryl methyl sites for hydroxylation is 4. The van der Waals surface area contributed by atoms with E-state index in [4.69, 9.17) is 0 Å². The molecule has 2 aromatic heterocycles. The van der Waals surface area contributed by atoms with Gasteiger partial charge in [0.05, 0.1) is 5.69 Å². The van der Waals surface area contributed by atoms with Crippen LogP contribution in [0.2, 0.25) is 0 Å². The first-order valence-electron chi connectivity index (χ1n) is 4.27. The molecule has 13 heavy (non-hydrogen) atoms. The van der Waals surface area contributed by atoms with Crippen molar-refractivity contribution in [3.63, 3.8) is 0 Å². The molecule has 0 N–H and O–H groups in total. The van der Waals surface area contributed by atoms with E-state index >= 15 is 0 Å². The molecule has 0 saturated heterocycles. The molecule has 4 nitrogen and oxygen atoms in total. The third-order valence-corrected chi connectivity index (χ3v) is 2.23. The molecule has 0 atom stereocenters. The molecular formula is C9H12N4. The van der Waals surface area contributed by atoms with E-state index in [2.05, 4.69) is 15.1 Å². The van der Waals surface area contributed by atoms with Gasteiger partial charge in [0.25, 0.3) is 0 Å². The normalized spacial score (nSPS) is 11.1. The summed E-state index contributed by atoms with van der Waals surface area (Å²) in [7, 11) is 0. The van der Waals surface area contributed by atoms with Crippen LogP contribution in [0.15, 0.2) is 0 Å². The topological polar surface area (TPSA) is 43.1 Å². The van der Waals surface area contributed by atoms with Crippen molar-refractivity contribution in [2.24, 2.45) is 0 Å². The molecule has 0 radical (unpaired) electrons. The van der Waals surface area contributed by atoms with Gasteiger partial charge in [-0.25, -0.2) is 14.5 Å². The summed E-state index contributed by atoms with van der Waals surface area (Å²) in [5.41, 5.74) is 3.07. The molecule has 0 aliphatic rings. The largest absolute Gasteiger partial charge is 0.219 e. The van der Waals surface area contributed by atoms with Crippen molar-refractivity contribution >= 4 is 5.65 Å². The fourth-order valence-electron chi connectivity index (χ4n) is 1.41. The van der Waals surface area contributed by atoms with E-state index in [-0.39, 0.29) is 0 Å². The quantitative estimate of drug-likeness (QED) is 0.608. The second-order valence-corrected chi connectivity index (χ2v) is 3.26. The average Bonchev–Trinajstić information content (AvgIpc) is 2.32. The predicted molar refractivity (Wildman–Crippen MR) is 49.7 cm³/mol. The highest BCUT2D eigenvalue weighted by molar-refractivity contribution is 5.48. The van der Waals surface area contributed by atoms with Crippen LogP contribution < -0.4 is 0 Å². The molecule has 0 aromatic carbocycles. The molecule has 0 saturated carbocycles. The first kappa shape index (κ1) is 8.16. The fourth-order valence-corrected chi connectivity index (χ4v) is 1.41. The number of nitrogens with zero attached hydrogens (tertiary/aromatic N) is 4. The zero-order valence-corrected chi connectivity index (χ0v) is 8.29. The summed E-state index contributed by atoms with van der Waals surface area (Å²) in [6.45, 7) is 7.85. The highest BCUT2D eigenvalue weighted by atomic mass is 15.3. The van der Waals surface area contributed by atoms with Gasteiger partial charge in [0, 0.05) is 5.56 Å². The Hall–Kier alpha value is -1.45. The average molecular weight is 176 g/mol. The molecular weight excluding hydrogens is 164 g/mol. The van der Waals surface area contributed by atoms with Crippen molar-refractivity contribution in [2.75, 3.05) is 0 Å². The number of hydrogen-bond acceptors (Lipinski definition) is 3. The third-order valence-electron chi connectivity index (χ3n) is 2.23. The zero-order valence-electron chi connectivity index (χ0n) is 8.29. The van der Waals surface area contributed by atoms with Crippen LogP contribution >= 0.6 is 0 Å². The van der Waals surface area contributed by atoms with E-state index in [0.29, 0.717) is 0 Å². The minimum atomic E-state index is 0.799. The lowest BCUT2D eigenvalue weighted by atomic mass is 10.3. The maximum atomic E-state index is 4.35. The maximum absolute atomic E-state index is 4.35. The van der Waals surface area contributed by atoms with Gasteiger partial charge in [-0.2, -0.15) is 5.10 Å². The molecule has 4 heteroatoms. The summed E-state index contributed by atoms with van der Waals surface area (Å²) in [5.74, 6) is 1.69. The molecule has 2 heterocycles. The minimum Gasteiger partial charge on any atom is -0.219 e. The SMILES string of the molecule is Cc1nc(C)n2nc(C)c(C)c2n1. The molecule has 0 aliphatic heterocycles. The van der Waals surface area contributed by atoms with E-state index in [9.17, 15) is 0 Å². The summed E-state index contributed by atoms with van der Waals surface area (Å²) in [6, 6.07) is 0. The molecule has 68 valence electrons. The molecule has 2 rings (SSSR count). The van der Waals surface area contributed by atoms with Crippen LogP contribution in [0.25, 0.3) is 5.65 Å². The Balaban J connectivity index is 2.94. The van der Waals surface area contributed by atoms with Crippen LogP contribution in [0.1, 0.15) is 22.9 Å². The Morgan fingerprint density at radius 2 is 1.69 bits per heavy atom. The van der Waals surface area contributed by atoms with E-state index in [1.54, 1.807) is 4.52 Å². The van der Waals surface area contributed by atoms with Gasteiger partial charge < -0.3 is 0 Å². The van der Waals surface area contributed by atoms with Crippen LogP contribution in [0.4, 0.5) is 0 Å². The van der Waals surface area contributed by atoms with Crippen molar-refractivity contribution in [3.8, 4) is 0 Å². The summed E-state index contributed by atoms with van der Waals surface area (Å²) in [4.78, 5) is 8.59. The van der Waals surface area contributed by atoms with Gasteiger partial charge in [0.2, 0.25) is 0 Å². The summed E-state index contributed by atoms with van der Waals surface area (Å²) in [5, 5.41) is 4.34.